The Morgan fingerprint density at radius 3 is 1.01 bits per heavy atom. The molecule has 4 aromatic heterocycles. The lowest BCUT2D eigenvalue weighted by Gasteiger charge is -2.37. The average Bonchev–Trinajstić information content (AvgIpc) is 1.29. The summed E-state index contributed by atoms with van der Waals surface area (Å²) in [4.78, 5) is 44.6. The number of H-pyrrole nitrogens is 2. The maximum absolute atomic E-state index is 12.5. The molecule has 0 unspecified atom stereocenters. The van der Waals surface area contributed by atoms with Gasteiger partial charge in [0.05, 0.1) is 39.2 Å². The van der Waals surface area contributed by atoms with Crippen molar-refractivity contribution >= 4 is 87.2 Å². The molecule has 0 aliphatic carbocycles. The van der Waals surface area contributed by atoms with Gasteiger partial charge in [-0.25, -0.2) is 14.8 Å². The number of benzene rings is 8. The smallest absolute Gasteiger partial charge is 0.335 e. The number of carboxylic acid groups (broad SMARTS) is 1. The minimum absolute atomic E-state index is 0.0278. The largest absolute Gasteiger partial charge is 0.478 e. The van der Waals surface area contributed by atoms with Crippen LogP contribution in [0.5, 0.6) is 0 Å². The quantitative estimate of drug-likeness (QED) is 0.0835. The molecule has 0 amide bonds. The van der Waals surface area contributed by atoms with Crippen molar-refractivity contribution < 1.29 is 9.90 Å². The van der Waals surface area contributed by atoms with Crippen LogP contribution in [0.3, 0.4) is 0 Å². The molecule has 0 atom stereocenters. The lowest BCUT2D eigenvalue weighted by Crippen LogP contribution is -2.32. The number of carbonyl (C=O) groups is 1. The van der Waals surface area contributed by atoms with Gasteiger partial charge in [-0.1, -0.05) is 206 Å². The van der Waals surface area contributed by atoms with Crippen LogP contribution < -0.4 is 5.32 Å². The standard InChI is InChI=1S/C74H50Cl2N8O2/c75-70-82-71(76)84-72(83-70)77-56-37-35-48(36-38-56)66-59-41-45-63(80-59)67(73(50-19-7-1-8-20-50,51-21-9-2-10-22-51)52-23-11-3-12-24-52)61-43-39-57(78-61)65(47-31-33-49(34-32-47)69(85)86)58-40-44-62(79-58)68(64-46-42-60(66)81-64)74(53-25-13-4-14-26-53,54-27-15-5-16-28-54)55-29-17-6-18-30-55/h1-46,78,81H,(H,85,86)(H,77,82,83,84). The monoisotopic (exact) mass is 1150 g/mol. The number of aromatic nitrogens is 7. The van der Waals surface area contributed by atoms with Gasteiger partial charge < -0.3 is 20.4 Å². The van der Waals surface area contributed by atoms with Gasteiger partial charge in [-0.2, -0.15) is 15.0 Å². The molecular formula is C74H50Cl2N8O2. The molecule has 8 aromatic carbocycles. The number of nitrogens with zero attached hydrogens (tertiary/aromatic N) is 5. The molecule has 14 rings (SSSR count). The van der Waals surface area contributed by atoms with Gasteiger partial charge in [0.1, 0.15) is 0 Å². The number of aromatic carboxylic acids is 1. The van der Waals surface area contributed by atoms with E-state index in [1.807, 2.05) is 60.7 Å². The SMILES string of the molecule is O=C(O)c1ccc(-c2c3nc(c(C(c4ccccc4)(c4ccccc4)c4ccccc4)c4ccc([nH]4)c(-c4ccc(Nc5nc(Cl)nc(Cl)n5)cc4)c4nc(c(C(c5ccccc5)(c5ccccc5)c5ccccc5)c5ccc2[nH]5)C=C4)C=C3)cc1. The summed E-state index contributed by atoms with van der Waals surface area (Å²) < 4.78 is 0. The van der Waals surface area contributed by atoms with Crippen molar-refractivity contribution in [1.82, 2.24) is 34.9 Å². The highest BCUT2D eigenvalue weighted by molar-refractivity contribution is 6.31. The van der Waals surface area contributed by atoms with Crippen LogP contribution in [-0.4, -0.2) is 46.0 Å². The Labute approximate surface area is 505 Å². The predicted octanol–water partition coefficient (Wildman–Crippen LogP) is 17.7. The third kappa shape index (κ3) is 9.43. The molecule has 6 heterocycles. The number of anilines is 2. The van der Waals surface area contributed by atoms with E-state index in [4.69, 9.17) is 33.2 Å². The number of rotatable bonds is 13. The normalized spacial score (nSPS) is 12.1. The highest BCUT2D eigenvalue weighted by atomic mass is 35.5. The molecule has 4 N–H and O–H groups in total. The third-order valence-corrected chi connectivity index (χ3v) is 16.5. The van der Waals surface area contributed by atoms with Crippen LogP contribution in [0.15, 0.2) is 255 Å². The Morgan fingerprint density at radius 2 is 0.674 bits per heavy atom. The molecule has 8 bridgehead atoms. The zero-order valence-electron chi connectivity index (χ0n) is 45.9. The van der Waals surface area contributed by atoms with Gasteiger partial charge in [-0.15, -0.1) is 0 Å². The van der Waals surface area contributed by atoms with Crippen LogP contribution in [0.4, 0.5) is 11.6 Å². The van der Waals surface area contributed by atoms with E-state index < -0.39 is 16.8 Å². The van der Waals surface area contributed by atoms with Gasteiger partial charge in [0.15, 0.2) is 0 Å². The second-order valence-electron chi connectivity index (χ2n) is 21.0. The predicted molar refractivity (Wildman–Crippen MR) is 346 cm³/mol. The van der Waals surface area contributed by atoms with E-state index in [1.165, 1.54) is 0 Å². The fourth-order valence-corrected chi connectivity index (χ4v) is 13.0. The van der Waals surface area contributed by atoms with Crippen LogP contribution in [0.1, 0.15) is 77.6 Å². The zero-order valence-corrected chi connectivity index (χ0v) is 47.4. The van der Waals surface area contributed by atoms with Crippen molar-refractivity contribution in [2.45, 2.75) is 10.8 Å². The van der Waals surface area contributed by atoms with E-state index in [0.29, 0.717) is 17.1 Å². The van der Waals surface area contributed by atoms with E-state index in [9.17, 15) is 9.90 Å². The van der Waals surface area contributed by atoms with Crippen LogP contribution in [0.2, 0.25) is 10.6 Å². The molecule has 2 aliphatic heterocycles. The van der Waals surface area contributed by atoms with E-state index in [0.717, 1.165) is 100 Å². The third-order valence-electron chi connectivity index (χ3n) is 16.2. The zero-order chi connectivity index (χ0) is 58.2. The van der Waals surface area contributed by atoms with E-state index in [1.54, 1.807) is 12.1 Å². The minimum atomic E-state index is -1.01. The lowest BCUT2D eigenvalue weighted by molar-refractivity contribution is 0.0697. The first-order chi connectivity index (χ1) is 42.2. The Hall–Kier alpha value is -10.8. The van der Waals surface area contributed by atoms with E-state index >= 15 is 0 Å². The van der Waals surface area contributed by atoms with Crippen molar-refractivity contribution in [2.24, 2.45) is 0 Å². The highest BCUT2D eigenvalue weighted by Gasteiger charge is 2.43. The second-order valence-corrected chi connectivity index (χ2v) is 21.7. The first-order valence-electron chi connectivity index (χ1n) is 28.0. The first-order valence-corrected chi connectivity index (χ1v) is 28.8. The van der Waals surface area contributed by atoms with Gasteiger partial charge in [0, 0.05) is 50.0 Å². The molecular weight excluding hydrogens is 1100 g/mol. The molecule has 12 heteroatoms. The molecule has 0 saturated heterocycles. The Kier molecular flexibility index (Phi) is 13.9. The number of hydrogen-bond donors (Lipinski definition) is 4. The van der Waals surface area contributed by atoms with Crippen molar-refractivity contribution in [2.75, 3.05) is 5.32 Å². The van der Waals surface area contributed by atoms with Crippen LogP contribution in [-0.2, 0) is 10.8 Å². The molecule has 0 fully saturated rings. The molecule has 2 aliphatic rings. The van der Waals surface area contributed by atoms with Gasteiger partial charge in [-0.3, -0.25) is 0 Å². The maximum Gasteiger partial charge on any atom is 0.335 e. The summed E-state index contributed by atoms with van der Waals surface area (Å²) in [6.07, 6.45) is 8.43. The molecule has 0 saturated carbocycles. The van der Waals surface area contributed by atoms with Crippen LogP contribution in [0, 0.1) is 0 Å². The number of carboxylic acids is 1. The Balaban J connectivity index is 1.17. The topological polar surface area (TPSA) is 145 Å². The van der Waals surface area contributed by atoms with E-state index in [2.05, 4.69) is 237 Å². The van der Waals surface area contributed by atoms with Crippen molar-refractivity contribution in [1.29, 1.82) is 0 Å². The van der Waals surface area contributed by atoms with E-state index in [-0.39, 0.29) is 22.1 Å². The molecule has 12 aromatic rings. The molecule has 0 radical (unpaired) electrons. The number of hydrogen-bond acceptors (Lipinski definition) is 7. The summed E-state index contributed by atoms with van der Waals surface area (Å²) in [5, 5.41) is 13.4. The summed E-state index contributed by atoms with van der Waals surface area (Å²) >= 11 is 12.5. The highest BCUT2D eigenvalue weighted by Crippen LogP contribution is 2.51. The first kappa shape index (κ1) is 53.2. The molecule has 412 valence electrons. The number of halogens is 2. The summed E-state index contributed by atoms with van der Waals surface area (Å²) in [7, 11) is 0. The summed E-state index contributed by atoms with van der Waals surface area (Å²) in [6.45, 7) is 0. The van der Waals surface area contributed by atoms with Crippen LogP contribution in [0.25, 0.3) is 68.6 Å². The fourth-order valence-electron chi connectivity index (χ4n) is 12.6. The van der Waals surface area contributed by atoms with Gasteiger partial charge in [0.2, 0.25) is 16.5 Å². The molecule has 0 spiro atoms. The average molecular weight is 1150 g/mol. The molecule has 86 heavy (non-hydrogen) atoms. The van der Waals surface area contributed by atoms with Gasteiger partial charge in [-0.05, 0) is 141 Å². The summed E-state index contributed by atoms with van der Waals surface area (Å²) in [5.74, 6) is -0.807. The number of nitrogens with one attached hydrogen (secondary N) is 3. The Bertz CT molecular complexity index is 4410. The maximum atomic E-state index is 12.5. The summed E-state index contributed by atoms with van der Waals surface area (Å²) in [6, 6.07) is 87.3. The molecule has 10 nitrogen and oxygen atoms in total. The number of aromatic amines is 2. The fraction of sp³-hybridized carbons (Fsp3) is 0.0270. The second kappa shape index (κ2) is 22.4. The van der Waals surface area contributed by atoms with Crippen molar-refractivity contribution in [3.05, 3.63) is 338 Å². The number of fused-ring (bicyclic) bond motifs is 8. The van der Waals surface area contributed by atoms with Crippen LogP contribution >= 0.6 is 23.2 Å². The summed E-state index contributed by atoms with van der Waals surface area (Å²) in [5.41, 5.74) is 16.2. The van der Waals surface area contributed by atoms with Crippen molar-refractivity contribution in [3.8, 4) is 22.3 Å². The van der Waals surface area contributed by atoms with Gasteiger partial charge >= 0.3 is 5.97 Å². The minimum Gasteiger partial charge on any atom is -0.478 e. The Morgan fingerprint density at radius 1 is 0.360 bits per heavy atom. The van der Waals surface area contributed by atoms with Crippen molar-refractivity contribution in [3.63, 3.8) is 0 Å². The lowest BCUT2D eigenvalue weighted by atomic mass is 9.64. The van der Waals surface area contributed by atoms with Gasteiger partial charge in [0.25, 0.3) is 0 Å².